The quantitative estimate of drug-likeness (QED) is 0.807. The summed E-state index contributed by atoms with van der Waals surface area (Å²) in [6, 6.07) is 3.36. The van der Waals surface area contributed by atoms with Crippen LogP contribution >= 0.6 is 11.3 Å². The zero-order chi connectivity index (χ0) is 12.0. The Bertz CT molecular complexity index is 383. The van der Waals surface area contributed by atoms with Crippen molar-refractivity contribution in [3.63, 3.8) is 0 Å². The zero-order valence-corrected chi connectivity index (χ0v) is 11.3. The van der Waals surface area contributed by atoms with Crippen molar-refractivity contribution in [2.24, 2.45) is 0 Å². The second-order valence-electron chi connectivity index (χ2n) is 3.36. The number of nitrogens with zero attached hydrogens (tertiary/aromatic N) is 1. The average molecular weight is 262 g/mol. The van der Waals surface area contributed by atoms with Gasteiger partial charge in [-0.25, -0.2) is 13.1 Å². The van der Waals surface area contributed by atoms with Crippen LogP contribution in [0.3, 0.4) is 0 Å². The minimum absolute atomic E-state index is 0.382. The molecule has 1 rings (SSSR count). The molecule has 0 unspecified atom stereocenters. The maximum absolute atomic E-state index is 11.7. The first kappa shape index (κ1) is 13.6. The molecule has 1 N–H and O–H groups in total. The second-order valence-corrected chi connectivity index (χ2v) is 6.30. The van der Waals surface area contributed by atoms with Crippen LogP contribution in [0.15, 0.2) is 21.7 Å². The highest BCUT2D eigenvalue weighted by Crippen LogP contribution is 2.14. The highest BCUT2D eigenvalue weighted by atomic mass is 32.2. The first-order valence-electron chi connectivity index (χ1n) is 5.35. The summed E-state index contributed by atoms with van der Waals surface area (Å²) in [7, 11) is -3.29. The monoisotopic (exact) mass is 262 g/mol. The van der Waals surface area contributed by atoms with Crippen LogP contribution in [-0.2, 0) is 10.0 Å². The average Bonchev–Trinajstić information content (AvgIpc) is 2.78. The SMILES string of the molecule is CCN(CC)CCNS(=O)(=O)c1cccs1. The molecule has 0 aromatic carbocycles. The summed E-state index contributed by atoms with van der Waals surface area (Å²) in [5, 5.41) is 1.76. The maximum atomic E-state index is 11.7. The predicted octanol–water partition coefficient (Wildman–Crippen LogP) is 1.37. The lowest BCUT2D eigenvalue weighted by Crippen LogP contribution is -2.34. The van der Waals surface area contributed by atoms with E-state index in [9.17, 15) is 8.42 Å². The van der Waals surface area contributed by atoms with Crippen LogP contribution in [-0.4, -0.2) is 39.5 Å². The van der Waals surface area contributed by atoms with Crippen LogP contribution in [0, 0.1) is 0 Å². The van der Waals surface area contributed by atoms with Gasteiger partial charge in [0.25, 0.3) is 0 Å². The molecular weight excluding hydrogens is 244 g/mol. The fourth-order valence-corrected chi connectivity index (χ4v) is 3.42. The van der Waals surface area contributed by atoms with Gasteiger partial charge in [-0.2, -0.15) is 0 Å². The molecule has 16 heavy (non-hydrogen) atoms. The highest BCUT2D eigenvalue weighted by Gasteiger charge is 2.14. The van der Waals surface area contributed by atoms with Crippen molar-refractivity contribution in [1.29, 1.82) is 0 Å². The summed E-state index contributed by atoms with van der Waals surface area (Å²) in [6.07, 6.45) is 0. The summed E-state index contributed by atoms with van der Waals surface area (Å²) >= 11 is 1.24. The van der Waals surface area contributed by atoms with Gasteiger partial charge in [0, 0.05) is 13.1 Å². The molecule has 1 heterocycles. The van der Waals surface area contributed by atoms with Crippen molar-refractivity contribution >= 4 is 21.4 Å². The van der Waals surface area contributed by atoms with E-state index in [-0.39, 0.29) is 0 Å². The number of rotatable bonds is 7. The molecule has 0 bridgehead atoms. The van der Waals surface area contributed by atoms with Crippen molar-refractivity contribution in [2.45, 2.75) is 18.1 Å². The molecule has 0 fully saturated rings. The molecule has 0 radical (unpaired) electrons. The van der Waals surface area contributed by atoms with Crippen LogP contribution in [0.25, 0.3) is 0 Å². The Balaban J connectivity index is 2.44. The van der Waals surface area contributed by atoms with E-state index in [2.05, 4.69) is 23.5 Å². The van der Waals surface area contributed by atoms with E-state index in [1.54, 1.807) is 17.5 Å². The van der Waals surface area contributed by atoms with Gasteiger partial charge in [-0.1, -0.05) is 19.9 Å². The fraction of sp³-hybridized carbons (Fsp3) is 0.600. The number of hydrogen-bond acceptors (Lipinski definition) is 4. The Labute approximate surface area is 101 Å². The highest BCUT2D eigenvalue weighted by molar-refractivity contribution is 7.91. The van der Waals surface area contributed by atoms with Gasteiger partial charge < -0.3 is 4.90 Å². The lowest BCUT2D eigenvalue weighted by molar-refractivity contribution is 0.309. The van der Waals surface area contributed by atoms with Crippen LogP contribution in [0.5, 0.6) is 0 Å². The van der Waals surface area contributed by atoms with Gasteiger partial charge in [0.2, 0.25) is 10.0 Å². The van der Waals surface area contributed by atoms with E-state index in [4.69, 9.17) is 0 Å². The van der Waals surface area contributed by atoms with E-state index in [1.165, 1.54) is 11.3 Å². The maximum Gasteiger partial charge on any atom is 0.250 e. The van der Waals surface area contributed by atoms with Crippen LogP contribution in [0.2, 0.25) is 0 Å². The van der Waals surface area contributed by atoms with E-state index in [0.717, 1.165) is 19.6 Å². The molecule has 0 amide bonds. The molecule has 0 aliphatic heterocycles. The van der Waals surface area contributed by atoms with E-state index in [1.807, 2.05) is 0 Å². The van der Waals surface area contributed by atoms with Gasteiger partial charge in [-0.3, -0.25) is 0 Å². The zero-order valence-electron chi connectivity index (χ0n) is 9.64. The van der Waals surface area contributed by atoms with Crippen molar-refractivity contribution in [3.05, 3.63) is 17.5 Å². The molecule has 0 saturated heterocycles. The van der Waals surface area contributed by atoms with Crippen molar-refractivity contribution in [1.82, 2.24) is 9.62 Å². The topological polar surface area (TPSA) is 49.4 Å². The van der Waals surface area contributed by atoms with Gasteiger partial charge in [-0.15, -0.1) is 11.3 Å². The molecule has 4 nitrogen and oxygen atoms in total. The van der Waals surface area contributed by atoms with E-state index in [0.29, 0.717) is 10.8 Å². The van der Waals surface area contributed by atoms with Crippen LogP contribution in [0.1, 0.15) is 13.8 Å². The smallest absolute Gasteiger partial charge is 0.250 e. The Morgan fingerprint density at radius 3 is 2.56 bits per heavy atom. The van der Waals surface area contributed by atoms with E-state index < -0.39 is 10.0 Å². The van der Waals surface area contributed by atoms with Crippen LogP contribution < -0.4 is 4.72 Å². The minimum atomic E-state index is -3.29. The third-order valence-electron chi connectivity index (χ3n) is 2.37. The number of hydrogen-bond donors (Lipinski definition) is 1. The molecule has 6 heteroatoms. The normalized spacial score (nSPS) is 12.2. The molecule has 0 saturated carbocycles. The molecule has 0 atom stereocenters. The summed E-state index contributed by atoms with van der Waals surface area (Å²) in [6.45, 7) is 7.22. The number of sulfonamides is 1. The summed E-state index contributed by atoms with van der Waals surface area (Å²) in [5.74, 6) is 0. The Morgan fingerprint density at radius 2 is 2.06 bits per heavy atom. The van der Waals surface area contributed by atoms with Gasteiger partial charge in [-0.05, 0) is 24.5 Å². The summed E-state index contributed by atoms with van der Waals surface area (Å²) in [4.78, 5) is 2.18. The molecule has 0 spiro atoms. The second kappa shape index (κ2) is 6.34. The van der Waals surface area contributed by atoms with Crippen molar-refractivity contribution in [2.75, 3.05) is 26.2 Å². The lowest BCUT2D eigenvalue weighted by Gasteiger charge is -2.17. The largest absolute Gasteiger partial charge is 0.303 e. The van der Waals surface area contributed by atoms with Crippen molar-refractivity contribution in [3.8, 4) is 0 Å². The Hall–Kier alpha value is -0.430. The first-order chi connectivity index (χ1) is 7.60. The third kappa shape index (κ3) is 3.86. The van der Waals surface area contributed by atoms with Crippen molar-refractivity contribution < 1.29 is 8.42 Å². The van der Waals surface area contributed by atoms with E-state index >= 15 is 0 Å². The first-order valence-corrected chi connectivity index (χ1v) is 7.72. The molecule has 92 valence electrons. The Morgan fingerprint density at radius 1 is 1.38 bits per heavy atom. The van der Waals surface area contributed by atoms with Crippen LogP contribution in [0.4, 0.5) is 0 Å². The predicted molar refractivity (Wildman–Crippen MR) is 67.3 cm³/mol. The molecule has 1 aromatic rings. The van der Waals surface area contributed by atoms with Gasteiger partial charge in [0.1, 0.15) is 4.21 Å². The number of thiophene rings is 1. The molecular formula is C10H18N2O2S2. The van der Waals surface area contributed by atoms with Gasteiger partial charge >= 0.3 is 0 Å². The molecule has 1 aromatic heterocycles. The molecule has 0 aliphatic rings. The fourth-order valence-electron chi connectivity index (χ4n) is 1.37. The summed E-state index contributed by atoms with van der Waals surface area (Å²) in [5.41, 5.74) is 0. The third-order valence-corrected chi connectivity index (χ3v) is 5.23. The number of likely N-dealkylation sites (N-methyl/N-ethyl adjacent to an activating group) is 1. The Kier molecular flexibility index (Phi) is 5.40. The summed E-state index contributed by atoms with van der Waals surface area (Å²) < 4.78 is 26.4. The van der Waals surface area contributed by atoms with Gasteiger partial charge in [0.15, 0.2) is 0 Å². The molecule has 0 aliphatic carbocycles. The standard InChI is InChI=1S/C10H18N2O2S2/c1-3-12(4-2)8-7-11-16(13,14)10-6-5-9-15-10/h5-6,9,11H,3-4,7-8H2,1-2H3. The minimum Gasteiger partial charge on any atom is -0.303 e. The lowest BCUT2D eigenvalue weighted by atomic mass is 10.5. The van der Waals surface area contributed by atoms with Gasteiger partial charge in [0.05, 0.1) is 0 Å². The number of nitrogens with one attached hydrogen (secondary N) is 1.